The molecule has 1 aromatic carbocycles. The topological polar surface area (TPSA) is 130 Å². The molecule has 1 aliphatic rings. The Labute approximate surface area is 256 Å². The van der Waals surface area contributed by atoms with Gasteiger partial charge in [0, 0.05) is 6.42 Å². The number of para-hydroxylation sites is 1. The van der Waals surface area contributed by atoms with Gasteiger partial charge in [-0.1, -0.05) is 59.7 Å². The number of anilines is 1. The van der Waals surface area contributed by atoms with E-state index in [1.807, 2.05) is 18.2 Å². The molecule has 1 fully saturated rings. The van der Waals surface area contributed by atoms with Gasteiger partial charge in [0.1, 0.15) is 18.1 Å². The molecule has 2 N–H and O–H groups in total. The Morgan fingerprint density at radius 2 is 1.72 bits per heavy atom. The number of aromatic amines is 1. The molecule has 1 aliphatic heterocycles. The van der Waals surface area contributed by atoms with Crippen molar-refractivity contribution in [2.24, 2.45) is 0 Å². The van der Waals surface area contributed by atoms with Gasteiger partial charge in [0.2, 0.25) is 5.95 Å². The lowest BCUT2D eigenvalue weighted by Crippen LogP contribution is -2.48. The molecule has 0 bridgehead atoms. The van der Waals surface area contributed by atoms with E-state index in [0.717, 1.165) is 0 Å². The highest BCUT2D eigenvalue weighted by molar-refractivity contribution is 6.74. The van der Waals surface area contributed by atoms with Crippen LogP contribution in [0.25, 0.3) is 11.2 Å². The minimum Gasteiger partial charge on any atom is -0.484 e. The second-order valence-electron chi connectivity index (χ2n) is 14.2. The van der Waals surface area contributed by atoms with E-state index in [1.165, 1.54) is 0 Å². The van der Waals surface area contributed by atoms with Gasteiger partial charge < -0.3 is 18.3 Å². The van der Waals surface area contributed by atoms with Crippen molar-refractivity contribution in [1.29, 1.82) is 0 Å². The molecule has 2 aromatic heterocycles. The first-order valence-corrected chi connectivity index (χ1v) is 20.6. The van der Waals surface area contributed by atoms with Crippen LogP contribution < -0.4 is 15.6 Å². The van der Waals surface area contributed by atoms with E-state index in [9.17, 15) is 9.59 Å². The van der Waals surface area contributed by atoms with Gasteiger partial charge in [-0.2, -0.15) is 4.98 Å². The number of imidazole rings is 1. The highest BCUT2D eigenvalue weighted by Crippen LogP contribution is 2.42. The van der Waals surface area contributed by atoms with Crippen LogP contribution in [-0.2, 0) is 18.4 Å². The number of rotatable bonds is 10. The van der Waals surface area contributed by atoms with Crippen molar-refractivity contribution in [2.45, 2.75) is 103 Å². The first-order chi connectivity index (χ1) is 19.9. The number of benzene rings is 1. The SMILES string of the molecule is CC(C)(C)[Si](C)(C)OC[C@H]1O[C@@H](n2cnc3c(=O)[nH]c(NC(=O)COc4ccccc4)nc32)C[C@@H]1O[Si](C)(C)C(C)(C)C. The number of hydrogen-bond donors (Lipinski definition) is 2. The summed E-state index contributed by atoms with van der Waals surface area (Å²) in [6.45, 7) is 22.4. The number of carbonyl (C=O) groups is 1. The molecule has 0 unspecified atom stereocenters. The third kappa shape index (κ3) is 7.63. The van der Waals surface area contributed by atoms with E-state index in [-0.39, 0.29) is 40.4 Å². The molecule has 0 spiro atoms. The molecule has 3 atom stereocenters. The lowest BCUT2D eigenvalue weighted by Gasteiger charge is -2.40. The zero-order valence-electron chi connectivity index (χ0n) is 27.1. The summed E-state index contributed by atoms with van der Waals surface area (Å²) in [4.78, 5) is 36.9. The molecule has 43 heavy (non-hydrogen) atoms. The van der Waals surface area contributed by atoms with Crippen molar-refractivity contribution in [3.05, 3.63) is 47.0 Å². The van der Waals surface area contributed by atoms with Gasteiger partial charge in [-0.15, -0.1) is 0 Å². The lowest BCUT2D eigenvalue weighted by molar-refractivity contribution is -0.118. The van der Waals surface area contributed by atoms with E-state index in [1.54, 1.807) is 23.0 Å². The van der Waals surface area contributed by atoms with Crippen LogP contribution in [0.2, 0.25) is 36.3 Å². The molecule has 11 nitrogen and oxygen atoms in total. The molecule has 1 amide bonds. The largest absolute Gasteiger partial charge is 0.484 e. The van der Waals surface area contributed by atoms with Gasteiger partial charge in [0.25, 0.3) is 11.5 Å². The van der Waals surface area contributed by atoms with Gasteiger partial charge in [-0.05, 0) is 48.4 Å². The van der Waals surface area contributed by atoms with Crippen molar-refractivity contribution >= 4 is 39.7 Å². The van der Waals surface area contributed by atoms with Crippen LogP contribution in [0.1, 0.15) is 54.2 Å². The molecule has 3 aromatic rings. The van der Waals surface area contributed by atoms with Crippen LogP contribution in [0, 0.1) is 0 Å². The second kappa shape index (κ2) is 12.3. The summed E-state index contributed by atoms with van der Waals surface area (Å²) in [7, 11) is -4.18. The molecule has 0 radical (unpaired) electrons. The predicted octanol–water partition coefficient (Wildman–Crippen LogP) is 5.84. The van der Waals surface area contributed by atoms with Crippen LogP contribution in [0.15, 0.2) is 41.5 Å². The zero-order chi connectivity index (χ0) is 31.8. The quantitative estimate of drug-likeness (QED) is 0.268. The Kier molecular flexibility index (Phi) is 9.43. The summed E-state index contributed by atoms with van der Waals surface area (Å²) in [6.07, 6.45) is 1.12. The second-order valence-corrected chi connectivity index (χ2v) is 23.8. The summed E-state index contributed by atoms with van der Waals surface area (Å²) in [6, 6.07) is 9.01. The fourth-order valence-electron chi connectivity index (χ4n) is 4.24. The number of nitrogens with zero attached hydrogens (tertiary/aromatic N) is 3. The monoisotopic (exact) mass is 629 g/mol. The summed E-state index contributed by atoms with van der Waals surface area (Å²) in [5, 5.41) is 2.69. The van der Waals surface area contributed by atoms with Crippen molar-refractivity contribution in [1.82, 2.24) is 19.5 Å². The number of ether oxygens (including phenoxy) is 2. The number of nitrogens with one attached hydrogen (secondary N) is 2. The number of fused-ring (bicyclic) bond motifs is 1. The summed E-state index contributed by atoms with van der Waals surface area (Å²) >= 11 is 0. The molecule has 1 saturated heterocycles. The molecular weight excluding hydrogens is 583 g/mol. The highest BCUT2D eigenvalue weighted by atomic mass is 28.4. The maximum atomic E-state index is 12.9. The van der Waals surface area contributed by atoms with E-state index >= 15 is 0 Å². The summed E-state index contributed by atoms with van der Waals surface area (Å²) in [5.74, 6) is 0.110. The van der Waals surface area contributed by atoms with Crippen molar-refractivity contribution in [3.63, 3.8) is 0 Å². The van der Waals surface area contributed by atoms with Gasteiger partial charge in [0.15, 0.2) is 34.4 Å². The van der Waals surface area contributed by atoms with E-state index in [2.05, 4.69) is 88.0 Å². The standard InChI is InChI=1S/C30H47N5O6Si2/c1-29(2,3)42(7,8)39-17-22-21(41-43(9,10)30(4,5)6)16-24(40-22)35-19-31-25-26(35)33-28(34-27(25)37)32-23(36)18-38-20-14-12-11-13-15-20/h11-15,19,21-22,24H,16-18H2,1-10H3,(H2,32,33,34,36,37)/t21-,22+,24+/m0/s1. The Morgan fingerprint density at radius 3 is 2.35 bits per heavy atom. The maximum Gasteiger partial charge on any atom is 0.280 e. The Bertz CT molecular complexity index is 1480. The Morgan fingerprint density at radius 1 is 1.07 bits per heavy atom. The van der Waals surface area contributed by atoms with Crippen LogP contribution in [0.4, 0.5) is 5.95 Å². The minimum absolute atomic E-state index is 0.00536. The molecule has 3 heterocycles. The fraction of sp³-hybridized carbons (Fsp3) is 0.600. The molecule has 236 valence electrons. The molecule has 0 aliphatic carbocycles. The molecule has 4 rings (SSSR count). The average Bonchev–Trinajstić information content (AvgIpc) is 3.49. The zero-order valence-corrected chi connectivity index (χ0v) is 29.1. The first-order valence-electron chi connectivity index (χ1n) is 14.8. The average molecular weight is 630 g/mol. The fourth-order valence-corrected chi connectivity index (χ4v) is 6.61. The third-order valence-electron chi connectivity index (χ3n) is 8.96. The van der Waals surface area contributed by atoms with Crippen molar-refractivity contribution < 1.29 is 23.1 Å². The van der Waals surface area contributed by atoms with E-state index in [4.69, 9.17) is 18.3 Å². The lowest BCUT2D eigenvalue weighted by atomic mass is 10.2. The van der Waals surface area contributed by atoms with Gasteiger partial charge >= 0.3 is 0 Å². The van der Waals surface area contributed by atoms with Gasteiger partial charge in [0.05, 0.1) is 19.0 Å². The molecular formula is C30H47N5O6Si2. The smallest absolute Gasteiger partial charge is 0.280 e. The number of amides is 1. The Hall–Kier alpha value is -2.85. The van der Waals surface area contributed by atoms with Crippen LogP contribution >= 0.6 is 0 Å². The number of carbonyl (C=O) groups excluding carboxylic acids is 1. The van der Waals surface area contributed by atoms with Crippen LogP contribution in [-0.4, -0.2) is 67.5 Å². The number of H-pyrrole nitrogens is 1. The minimum atomic E-state index is -2.14. The summed E-state index contributed by atoms with van der Waals surface area (Å²) < 4.78 is 27.3. The van der Waals surface area contributed by atoms with E-state index < -0.39 is 34.3 Å². The molecule has 0 saturated carbocycles. The normalized spacial score (nSPS) is 20.0. The Balaban J connectivity index is 1.57. The first kappa shape index (κ1) is 33.1. The van der Waals surface area contributed by atoms with Crippen LogP contribution in [0.5, 0.6) is 5.75 Å². The molecule has 13 heteroatoms. The maximum absolute atomic E-state index is 12.9. The number of hydrogen-bond acceptors (Lipinski definition) is 8. The number of aromatic nitrogens is 4. The predicted molar refractivity (Wildman–Crippen MR) is 172 cm³/mol. The van der Waals surface area contributed by atoms with E-state index in [0.29, 0.717) is 24.4 Å². The third-order valence-corrected chi connectivity index (χ3v) is 18.0. The van der Waals surface area contributed by atoms with Gasteiger partial charge in [-0.25, -0.2) is 4.98 Å². The van der Waals surface area contributed by atoms with Crippen molar-refractivity contribution in [2.75, 3.05) is 18.5 Å². The summed E-state index contributed by atoms with van der Waals surface area (Å²) in [5.41, 5.74) is 0.00273. The van der Waals surface area contributed by atoms with Crippen LogP contribution in [0.3, 0.4) is 0 Å². The van der Waals surface area contributed by atoms with Gasteiger partial charge in [-0.3, -0.25) is 24.5 Å². The van der Waals surface area contributed by atoms with Crippen molar-refractivity contribution in [3.8, 4) is 5.75 Å². The highest BCUT2D eigenvalue weighted by Gasteiger charge is 2.47.